The van der Waals surface area contributed by atoms with Crippen molar-refractivity contribution in [2.45, 2.75) is 89.4 Å². The zero-order valence-electron chi connectivity index (χ0n) is 36.5. The van der Waals surface area contributed by atoms with Crippen molar-refractivity contribution in [3.63, 3.8) is 0 Å². The van der Waals surface area contributed by atoms with E-state index in [1.54, 1.807) is 29.9 Å². The number of para-hydroxylation sites is 1. The molecule has 16 heteroatoms. The Morgan fingerprint density at radius 2 is 1.83 bits per heavy atom. The summed E-state index contributed by atoms with van der Waals surface area (Å²) in [5, 5.41) is 6.25. The number of carbonyl (C=O) groups is 4. The van der Waals surface area contributed by atoms with Crippen LogP contribution in [0.3, 0.4) is 0 Å². The molecule has 1 unspecified atom stereocenters. The first-order chi connectivity index (χ1) is 30.4. The molecule has 1 aliphatic carbocycles. The molecule has 7 rings (SSSR count). The van der Waals surface area contributed by atoms with Crippen LogP contribution >= 0.6 is 0 Å². The van der Waals surface area contributed by atoms with Crippen LogP contribution in [0.2, 0.25) is 0 Å². The minimum atomic E-state index is -1.58. The molecule has 4 amide bonds. The molecular formula is C47H58FN7O8. The van der Waals surface area contributed by atoms with E-state index in [-0.39, 0.29) is 47.7 Å². The van der Waals surface area contributed by atoms with Crippen molar-refractivity contribution in [3.05, 3.63) is 63.7 Å². The summed E-state index contributed by atoms with van der Waals surface area (Å²) in [6.45, 7) is 5.05. The van der Waals surface area contributed by atoms with Gasteiger partial charge in [-0.05, 0) is 94.5 Å². The minimum Gasteiger partial charge on any atom is -0.496 e. The summed E-state index contributed by atoms with van der Waals surface area (Å²) in [7, 11) is 5.33. The van der Waals surface area contributed by atoms with E-state index in [2.05, 4.69) is 39.4 Å². The van der Waals surface area contributed by atoms with Crippen LogP contribution in [0.1, 0.15) is 92.2 Å². The smallest absolute Gasteiger partial charge is 0.329 e. The third kappa shape index (κ3) is 10.0. The van der Waals surface area contributed by atoms with Gasteiger partial charge < -0.3 is 30.2 Å². The lowest BCUT2D eigenvalue weighted by Crippen LogP contribution is -2.44. The van der Waals surface area contributed by atoms with Crippen molar-refractivity contribution in [2.24, 2.45) is 30.5 Å². The van der Waals surface area contributed by atoms with Gasteiger partial charge in [0.05, 0.1) is 35.3 Å². The van der Waals surface area contributed by atoms with Crippen molar-refractivity contribution < 1.29 is 37.8 Å². The van der Waals surface area contributed by atoms with E-state index in [0.717, 1.165) is 69.1 Å². The predicted molar refractivity (Wildman–Crippen MR) is 235 cm³/mol. The predicted octanol–water partition coefficient (Wildman–Crippen LogP) is 4.34. The van der Waals surface area contributed by atoms with Gasteiger partial charge in [0.25, 0.3) is 11.8 Å². The summed E-state index contributed by atoms with van der Waals surface area (Å²) < 4.78 is 35.1. The molecule has 3 fully saturated rings. The van der Waals surface area contributed by atoms with Crippen LogP contribution in [0.25, 0.3) is 21.8 Å². The average molecular weight is 868 g/mol. The summed E-state index contributed by atoms with van der Waals surface area (Å²) >= 11 is 0. The van der Waals surface area contributed by atoms with Gasteiger partial charge in [-0.3, -0.25) is 33.6 Å². The maximum Gasteiger partial charge on any atom is 0.329 e. The fraction of sp³-hybridized carbons (Fsp3) is 0.532. The topological polar surface area (TPSA) is 189 Å². The molecular weight excluding hydrogens is 810 g/mol. The highest BCUT2D eigenvalue weighted by Gasteiger charge is 2.42. The molecule has 2 aromatic carbocycles. The van der Waals surface area contributed by atoms with E-state index in [9.17, 15) is 28.4 Å². The third-order valence-electron chi connectivity index (χ3n) is 12.9. The van der Waals surface area contributed by atoms with Crippen molar-refractivity contribution >= 4 is 45.4 Å². The summed E-state index contributed by atoms with van der Waals surface area (Å²) in [5.74, 6) is 5.57. The Hall–Kier alpha value is -5.79. The van der Waals surface area contributed by atoms with Crippen molar-refractivity contribution in [2.75, 3.05) is 47.1 Å². The van der Waals surface area contributed by atoms with Crippen molar-refractivity contribution in [1.29, 1.82) is 0 Å². The van der Waals surface area contributed by atoms with E-state index in [0.29, 0.717) is 53.8 Å². The zero-order chi connectivity index (χ0) is 44.8. The molecule has 4 N–H and O–H groups in total. The van der Waals surface area contributed by atoms with Crippen LogP contribution in [-0.2, 0) is 32.6 Å². The number of nitrogens with zero attached hydrogens (tertiary/aromatic N) is 4. The van der Waals surface area contributed by atoms with Gasteiger partial charge in [0.1, 0.15) is 18.4 Å². The number of nitrogens with two attached hydrogens (primary N) is 1. The lowest BCUT2D eigenvalue weighted by atomic mass is 9.82. The number of piperidine rings is 1. The number of rotatable bonds is 17. The molecule has 63 heavy (non-hydrogen) atoms. The summed E-state index contributed by atoms with van der Waals surface area (Å²) in [6.07, 6.45) is 7.55. The summed E-state index contributed by atoms with van der Waals surface area (Å²) in [6, 6.07) is 7.86. The highest BCUT2D eigenvalue weighted by Crippen LogP contribution is 2.35. The van der Waals surface area contributed by atoms with Crippen LogP contribution < -0.4 is 31.5 Å². The Bertz CT molecular complexity index is 2480. The number of pyridine rings is 1. The summed E-state index contributed by atoms with van der Waals surface area (Å²) in [5.41, 5.74) is 8.79. The number of methoxy groups -OCH3 is 1. The number of imidazole rings is 1. The quantitative estimate of drug-likeness (QED) is 0.0783. The van der Waals surface area contributed by atoms with Crippen molar-refractivity contribution in [1.82, 2.24) is 29.7 Å². The second-order valence-corrected chi connectivity index (χ2v) is 17.1. The second-order valence-electron chi connectivity index (χ2n) is 17.1. The van der Waals surface area contributed by atoms with Gasteiger partial charge in [-0.1, -0.05) is 30.9 Å². The Morgan fingerprint density at radius 1 is 1.05 bits per heavy atom. The maximum absolute atomic E-state index is 14.4. The number of benzene rings is 2. The van der Waals surface area contributed by atoms with E-state index in [1.165, 1.54) is 11.7 Å². The number of aromatic nitrogens is 3. The van der Waals surface area contributed by atoms with Crippen molar-refractivity contribution in [3.8, 4) is 23.5 Å². The molecule has 0 spiro atoms. The number of ether oxygens (including phenoxy) is 3. The van der Waals surface area contributed by atoms with Gasteiger partial charge in [-0.2, -0.15) is 0 Å². The average Bonchev–Trinajstić information content (AvgIpc) is 3.70. The van der Waals surface area contributed by atoms with Gasteiger partial charge in [-0.15, -0.1) is 0 Å². The van der Waals surface area contributed by atoms with E-state index >= 15 is 0 Å². The van der Waals surface area contributed by atoms with Crippen LogP contribution in [0.15, 0.2) is 41.3 Å². The third-order valence-corrected chi connectivity index (χ3v) is 12.9. The number of nitrogens with one attached hydrogen (secondary N) is 2. The van der Waals surface area contributed by atoms with Crippen LogP contribution in [0, 0.1) is 29.6 Å². The molecule has 2 aromatic heterocycles. The number of hydrogen-bond donors (Lipinski definition) is 3. The number of fused-ring (bicyclic) bond motifs is 2. The van der Waals surface area contributed by atoms with Gasteiger partial charge in [0, 0.05) is 68.6 Å². The second kappa shape index (κ2) is 20.2. The molecule has 0 radical (unpaired) electrons. The molecule has 3 aliphatic rings. The molecule has 1 saturated carbocycles. The Morgan fingerprint density at radius 3 is 2.56 bits per heavy atom. The maximum atomic E-state index is 14.4. The Kier molecular flexibility index (Phi) is 14.5. The SMILES string of the molecule is CC[C@@H]1[C@H](F)C(=O)N[C@@H]1COc1ncc(C#CC2CCC(CN(C)CCCOCCCc3cccc4c3n(C)c(=O)n4C3CCC(=O)NC3=O)CC2)c2cc(C(N)=O)c(OC)cc12. The number of imide groups is 1. The largest absolute Gasteiger partial charge is 0.496 e. The lowest BCUT2D eigenvalue weighted by molar-refractivity contribution is -0.135. The molecule has 4 atom stereocenters. The first-order valence-corrected chi connectivity index (χ1v) is 22.1. The van der Waals surface area contributed by atoms with E-state index in [1.807, 2.05) is 25.1 Å². The highest BCUT2D eigenvalue weighted by atomic mass is 19.1. The Balaban J connectivity index is 0.865. The molecule has 0 bridgehead atoms. The Labute approximate surface area is 366 Å². The number of alkyl halides is 1. The number of primary amides is 1. The number of aryl methyl sites for hydroxylation is 2. The number of carbonyl (C=O) groups excluding carboxylic acids is 4. The number of halogens is 1. The molecule has 2 saturated heterocycles. The van der Waals surface area contributed by atoms with Gasteiger partial charge >= 0.3 is 5.69 Å². The zero-order valence-corrected chi connectivity index (χ0v) is 36.5. The molecule has 4 heterocycles. The van der Waals surface area contributed by atoms with E-state index < -0.39 is 41.9 Å². The monoisotopic (exact) mass is 867 g/mol. The minimum absolute atomic E-state index is 0.0304. The summed E-state index contributed by atoms with van der Waals surface area (Å²) in [4.78, 5) is 68.8. The van der Waals surface area contributed by atoms with Gasteiger partial charge in [0.2, 0.25) is 17.7 Å². The normalized spacial score (nSPS) is 22.5. The first-order valence-electron chi connectivity index (χ1n) is 22.1. The molecule has 4 aromatic rings. The van der Waals surface area contributed by atoms with Crippen LogP contribution in [0.5, 0.6) is 11.6 Å². The number of amides is 4. The molecule has 15 nitrogen and oxygen atoms in total. The first kappa shape index (κ1) is 45.2. The lowest BCUT2D eigenvalue weighted by Gasteiger charge is -2.29. The molecule has 2 aliphatic heterocycles. The van der Waals surface area contributed by atoms with E-state index in [4.69, 9.17) is 19.9 Å². The number of hydrogen-bond acceptors (Lipinski definition) is 10. The van der Waals surface area contributed by atoms with Crippen LogP contribution in [0.4, 0.5) is 4.39 Å². The van der Waals surface area contributed by atoms with Gasteiger partial charge in [-0.25, -0.2) is 14.2 Å². The highest BCUT2D eigenvalue weighted by molar-refractivity contribution is 6.03. The molecule has 336 valence electrons. The van der Waals surface area contributed by atoms with Gasteiger partial charge in [0.15, 0.2) is 6.17 Å². The standard InChI is InChI=1S/C47H58FN7O8/c1-5-32-36(51-45(59)41(32)48)27-63-46-34-24-39(61-4)35(43(49)57)23-33(34)31(25-50-46)17-16-28-12-14-29(15-13-28)26-53(2)20-8-22-62-21-7-10-30-9-6-11-37-42(30)54(3)47(60)55(37)38-18-19-40(56)52-44(38)58/h6,9,11,23-25,28-29,32,36,38,41H,5,7-8,10,12-15,18-22,26-27H2,1-4H3,(H2,49,57)(H,51,59)(H,52,56,58)/t28?,29?,32-,36+,38?,41-/m0/s1. The van der Waals surface area contributed by atoms with Crippen LogP contribution in [-0.4, -0.2) is 102 Å². The fourth-order valence-corrected chi connectivity index (χ4v) is 9.47. The fourth-order valence-electron chi connectivity index (χ4n) is 9.47.